The summed E-state index contributed by atoms with van der Waals surface area (Å²) in [5.74, 6) is 1.04. The third kappa shape index (κ3) is 4.19. The number of carbonyl (C=O) groups excluding carboxylic acids is 2. The molecule has 0 aliphatic carbocycles. The van der Waals surface area contributed by atoms with E-state index in [9.17, 15) is 9.59 Å². The van der Waals surface area contributed by atoms with E-state index in [1.165, 1.54) is 0 Å². The zero-order valence-electron chi connectivity index (χ0n) is 15.5. The van der Waals surface area contributed by atoms with Crippen molar-refractivity contribution in [2.75, 3.05) is 25.4 Å². The number of nitrogens with one attached hydrogen (secondary N) is 1. The molecule has 2 saturated heterocycles. The molecule has 0 aromatic heterocycles. The molecule has 3 rings (SSSR count). The van der Waals surface area contributed by atoms with Gasteiger partial charge < -0.3 is 15.1 Å². The molecule has 1 aromatic carbocycles. The van der Waals surface area contributed by atoms with Gasteiger partial charge in [0.05, 0.1) is 4.87 Å². The minimum Gasteiger partial charge on any atom is -0.333 e. The predicted octanol–water partition coefficient (Wildman–Crippen LogP) is 3.94. The van der Waals surface area contributed by atoms with E-state index < -0.39 is 0 Å². The molecule has 1 aromatic rings. The Labute approximate surface area is 168 Å². The lowest BCUT2D eigenvalue weighted by Gasteiger charge is -2.44. The van der Waals surface area contributed by atoms with Gasteiger partial charge in [-0.2, -0.15) is 0 Å². The minimum absolute atomic E-state index is 0.0137. The standard InChI is InChI=1S/C19H26BrN3O2S/c1-18(2,3)21-17(25)22-9-7-19(8-10-22)23(11-12-26-19)16(24)14-5-4-6-15(20)13-14/h4-6,13H,7-12H2,1-3H3,(H,21,25). The fraction of sp³-hybridized carbons (Fsp3) is 0.579. The number of benzene rings is 1. The van der Waals surface area contributed by atoms with Crippen molar-refractivity contribution >= 4 is 39.6 Å². The van der Waals surface area contributed by atoms with Crippen LogP contribution in [0.25, 0.3) is 0 Å². The molecule has 7 heteroatoms. The van der Waals surface area contributed by atoms with E-state index in [-0.39, 0.29) is 22.3 Å². The first-order valence-electron chi connectivity index (χ1n) is 8.99. The van der Waals surface area contributed by atoms with E-state index in [0.717, 1.165) is 29.6 Å². The van der Waals surface area contributed by atoms with Crippen LogP contribution in [0, 0.1) is 0 Å². The van der Waals surface area contributed by atoms with Gasteiger partial charge in [-0.15, -0.1) is 11.8 Å². The Morgan fingerprint density at radius 3 is 2.50 bits per heavy atom. The van der Waals surface area contributed by atoms with Crippen molar-refractivity contribution in [3.05, 3.63) is 34.3 Å². The number of urea groups is 1. The Bertz CT molecular complexity index is 696. The van der Waals surface area contributed by atoms with Crippen LogP contribution in [0.1, 0.15) is 44.0 Å². The highest BCUT2D eigenvalue weighted by molar-refractivity contribution is 9.10. The lowest BCUT2D eigenvalue weighted by Crippen LogP contribution is -2.56. The van der Waals surface area contributed by atoms with Crippen LogP contribution < -0.4 is 5.32 Å². The summed E-state index contributed by atoms with van der Waals surface area (Å²) in [6.45, 7) is 8.09. The fourth-order valence-corrected chi connectivity index (χ4v) is 5.40. The van der Waals surface area contributed by atoms with Crippen LogP contribution in [0.2, 0.25) is 0 Å². The molecule has 1 N–H and O–H groups in total. The number of halogens is 1. The van der Waals surface area contributed by atoms with Crippen LogP contribution >= 0.6 is 27.7 Å². The summed E-state index contributed by atoms with van der Waals surface area (Å²) in [5.41, 5.74) is 0.478. The van der Waals surface area contributed by atoms with Crippen molar-refractivity contribution in [1.82, 2.24) is 15.1 Å². The molecule has 142 valence electrons. The predicted molar refractivity (Wildman–Crippen MR) is 109 cm³/mol. The Balaban J connectivity index is 1.69. The average molecular weight is 440 g/mol. The number of carbonyl (C=O) groups is 2. The first-order valence-corrected chi connectivity index (χ1v) is 10.8. The molecular formula is C19H26BrN3O2S. The Morgan fingerprint density at radius 1 is 1.19 bits per heavy atom. The number of amides is 3. The van der Waals surface area contributed by atoms with E-state index in [1.54, 1.807) is 0 Å². The number of hydrogen-bond acceptors (Lipinski definition) is 3. The first-order chi connectivity index (χ1) is 12.2. The van der Waals surface area contributed by atoms with Crippen molar-refractivity contribution in [3.8, 4) is 0 Å². The number of hydrogen-bond donors (Lipinski definition) is 1. The van der Waals surface area contributed by atoms with Crippen LogP contribution in [0.4, 0.5) is 4.79 Å². The Morgan fingerprint density at radius 2 is 1.88 bits per heavy atom. The molecule has 5 nitrogen and oxygen atoms in total. The monoisotopic (exact) mass is 439 g/mol. The number of likely N-dealkylation sites (tertiary alicyclic amines) is 1. The van der Waals surface area contributed by atoms with Crippen molar-refractivity contribution < 1.29 is 9.59 Å². The van der Waals surface area contributed by atoms with Gasteiger partial charge in [0.25, 0.3) is 5.91 Å². The summed E-state index contributed by atoms with van der Waals surface area (Å²) in [6, 6.07) is 7.56. The van der Waals surface area contributed by atoms with Gasteiger partial charge in [0.1, 0.15) is 0 Å². The van der Waals surface area contributed by atoms with E-state index in [4.69, 9.17) is 0 Å². The van der Waals surface area contributed by atoms with E-state index in [2.05, 4.69) is 21.2 Å². The maximum Gasteiger partial charge on any atom is 0.317 e. The van der Waals surface area contributed by atoms with Gasteiger partial charge in [0.2, 0.25) is 0 Å². The van der Waals surface area contributed by atoms with Crippen molar-refractivity contribution in [2.45, 2.75) is 44.0 Å². The van der Waals surface area contributed by atoms with Gasteiger partial charge >= 0.3 is 6.03 Å². The van der Waals surface area contributed by atoms with Crippen molar-refractivity contribution in [1.29, 1.82) is 0 Å². The van der Waals surface area contributed by atoms with Gasteiger partial charge in [0, 0.05) is 41.0 Å². The summed E-state index contributed by atoms with van der Waals surface area (Å²) in [7, 11) is 0. The molecule has 0 saturated carbocycles. The van der Waals surface area contributed by atoms with Gasteiger partial charge in [-0.3, -0.25) is 4.79 Å². The molecule has 1 spiro atoms. The number of thioether (sulfide) groups is 1. The SMILES string of the molecule is CC(C)(C)NC(=O)N1CCC2(CC1)SCCN2C(=O)c1cccc(Br)c1. The molecule has 2 fully saturated rings. The minimum atomic E-state index is -0.239. The number of piperidine rings is 1. The summed E-state index contributed by atoms with van der Waals surface area (Å²) in [5, 5.41) is 3.03. The first kappa shape index (κ1) is 19.5. The molecule has 2 aliphatic rings. The third-order valence-corrected chi connectivity index (χ3v) is 6.85. The van der Waals surface area contributed by atoms with Crippen molar-refractivity contribution in [3.63, 3.8) is 0 Å². The summed E-state index contributed by atoms with van der Waals surface area (Å²) >= 11 is 5.31. The second kappa shape index (κ2) is 7.43. The number of rotatable bonds is 1. The van der Waals surface area contributed by atoms with Crippen LogP contribution in [-0.4, -0.2) is 57.5 Å². The largest absolute Gasteiger partial charge is 0.333 e. The molecular weight excluding hydrogens is 414 g/mol. The second-order valence-corrected chi connectivity index (χ2v) is 10.3. The van der Waals surface area contributed by atoms with E-state index >= 15 is 0 Å². The summed E-state index contributed by atoms with van der Waals surface area (Å²) < 4.78 is 0.915. The topological polar surface area (TPSA) is 52.7 Å². The zero-order chi connectivity index (χ0) is 18.9. The molecule has 3 amide bonds. The van der Waals surface area contributed by atoms with Crippen LogP contribution in [0.15, 0.2) is 28.7 Å². The maximum atomic E-state index is 13.1. The molecule has 2 aliphatic heterocycles. The Hall–Kier alpha value is -1.21. The zero-order valence-corrected chi connectivity index (χ0v) is 18.0. The highest BCUT2D eigenvalue weighted by Gasteiger charge is 2.47. The lowest BCUT2D eigenvalue weighted by molar-refractivity contribution is 0.0578. The molecule has 2 heterocycles. The van der Waals surface area contributed by atoms with E-state index in [0.29, 0.717) is 18.7 Å². The van der Waals surface area contributed by atoms with Gasteiger partial charge in [-0.25, -0.2) is 4.79 Å². The highest BCUT2D eigenvalue weighted by Crippen LogP contribution is 2.44. The molecule has 0 bridgehead atoms. The fourth-order valence-electron chi connectivity index (χ4n) is 3.55. The molecule has 26 heavy (non-hydrogen) atoms. The smallest absolute Gasteiger partial charge is 0.317 e. The molecule has 0 unspecified atom stereocenters. The van der Waals surface area contributed by atoms with Gasteiger partial charge in [0.15, 0.2) is 0 Å². The third-order valence-electron chi connectivity index (χ3n) is 4.81. The summed E-state index contributed by atoms with van der Waals surface area (Å²) in [4.78, 5) is 29.2. The lowest BCUT2D eigenvalue weighted by atomic mass is 10.0. The molecule has 0 atom stereocenters. The average Bonchev–Trinajstić information content (AvgIpc) is 2.96. The number of nitrogens with zero attached hydrogens (tertiary/aromatic N) is 2. The van der Waals surface area contributed by atoms with E-state index in [1.807, 2.05) is 66.6 Å². The maximum absolute atomic E-state index is 13.1. The van der Waals surface area contributed by atoms with Gasteiger partial charge in [-0.1, -0.05) is 22.0 Å². The quantitative estimate of drug-likeness (QED) is 0.720. The van der Waals surface area contributed by atoms with Crippen LogP contribution in [0.5, 0.6) is 0 Å². The second-order valence-electron chi connectivity index (χ2n) is 7.93. The molecule has 0 radical (unpaired) electrons. The van der Waals surface area contributed by atoms with Crippen LogP contribution in [0.3, 0.4) is 0 Å². The van der Waals surface area contributed by atoms with Crippen LogP contribution in [-0.2, 0) is 0 Å². The highest BCUT2D eigenvalue weighted by atomic mass is 79.9. The van der Waals surface area contributed by atoms with Crippen molar-refractivity contribution in [2.24, 2.45) is 0 Å². The normalized spacial score (nSPS) is 19.7. The Kier molecular flexibility index (Phi) is 5.58. The summed E-state index contributed by atoms with van der Waals surface area (Å²) in [6.07, 6.45) is 1.63. The van der Waals surface area contributed by atoms with Gasteiger partial charge in [-0.05, 0) is 51.8 Å².